The van der Waals surface area contributed by atoms with Crippen molar-refractivity contribution in [3.8, 4) is 5.75 Å². The molecule has 0 radical (unpaired) electrons. The molecule has 0 spiro atoms. The van der Waals surface area contributed by atoms with E-state index >= 15 is 0 Å². The van der Waals surface area contributed by atoms with E-state index < -0.39 is 4.92 Å². The van der Waals surface area contributed by atoms with E-state index in [4.69, 9.17) is 4.74 Å². The number of carbonyl (C=O) groups is 2. The number of carbonyl (C=O) groups excluding carboxylic acids is 2. The summed E-state index contributed by atoms with van der Waals surface area (Å²) in [6.07, 6.45) is 0. The van der Waals surface area contributed by atoms with E-state index in [0.717, 1.165) is 5.69 Å². The van der Waals surface area contributed by atoms with Crippen molar-refractivity contribution in [3.05, 3.63) is 64.2 Å². The van der Waals surface area contributed by atoms with Crippen molar-refractivity contribution in [2.45, 2.75) is 0 Å². The number of methoxy groups -OCH3 is 1. The van der Waals surface area contributed by atoms with Crippen molar-refractivity contribution in [3.63, 3.8) is 0 Å². The Morgan fingerprint density at radius 3 is 2.41 bits per heavy atom. The third-order valence-electron chi connectivity index (χ3n) is 4.79. The first kappa shape index (κ1) is 20.1. The normalized spacial score (nSPS) is 13.7. The largest absolute Gasteiger partial charge is 0.497 e. The predicted octanol–water partition coefficient (Wildman–Crippen LogP) is 1.68. The third kappa shape index (κ3) is 5.01. The van der Waals surface area contributed by atoms with Crippen LogP contribution in [0.2, 0.25) is 0 Å². The molecule has 0 unspecified atom stereocenters. The molecule has 2 aromatic rings. The van der Waals surface area contributed by atoms with Crippen LogP contribution in [-0.2, 0) is 4.79 Å². The molecule has 1 fully saturated rings. The van der Waals surface area contributed by atoms with Crippen molar-refractivity contribution >= 4 is 23.2 Å². The molecule has 1 N–H and O–H groups in total. The zero-order chi connectivity index (χ0) is 20.8. The number of nitro groups is 1. The lowest BCUT2D eigenvalue weighted by Gasteiger charge is -2.36. The molecule has 1 heterocycles. The fourth-order valence-electron chi connectivity index (χ4n) is 3.13. The molecule has 1 aliphatic heterocycles. The molecular formula is C20H22N4O5. The zero-order valence-electron chi connectivity index (χ0n) is 16.0. The van der Waals surface area contributed by atoms with E-state index in [9.17, 15) is 19.7 Å². The molecule has 2 amide bonds. The van der Waals surface area contributed by atoms with Crippen LogP contribution in [0.3, 0.4) is 0 Å². The van der Waals surface area contributed by atoms with Gasteiger partial charge < -0.3 is 19.9 Å². The Morgan fingerprint density at radius 1 is 1.10 bits per heavy atom. The van der Waals surface area contributed by atoms with Crippen LogP contribution < -0.4 is 15.0 Å². The van der Waals surface area contributed by atoms with Gasteiger partial charge in [-0.05, 0) is 30.3 Å². The van der Waals surface area contributed by atoms with Crippen LogP contribution in [0.5, 0.6) is 5.75 Å². The second kappa shape index (κ2) is 9.05. The monoisotopic (exact) mass is 398 g/mol. The van der Waals surface area contributed by atoms with E-state index in [2.05, 4.69) is 10.2 Å². The average Bonchev–Trinajstić information content (AvgIpc) is 2.77. The Labute approximate surface area is 168 Å². The smallest absolute Gasteiger partial charge is 0.269 e. The number of nitrogens with zero attached hydrogens (tertiary/aromatic N) is 3. The lowest BCUT2D eigenvalue weighted by Crippen LogP contribution is -2.51. The fraction of sp³-hybridized carbons (Fsp3) is 0.300. The van der Waals surface area contributed by atoms with Gasteiger partial charge in [0.25, 0.3) is 11.6 Å². The van der Waals surface area contributed by atoms with Gasteiger partial charge in [0.05, 0.1) is 18.6 Å². The Kier molecular flexibility index (Phi) is 6.28. The van der Waals surface area contributed by atoms with Gasteiger partial charge >= 0.3 is 0 Å². The molecule has 0 bridgehead atoms. The van der Waals surface area contributed by atoms with Crippen molar-refractivity contribution in [2.75, 3.05) is 44.7 Å². The van der Waals surface area contributed by atoms with Gasteiger partial charge in [0.1, 0.15) is 5.75 Å². The number of anilines is 1. The standard InChI is InChI=1S/C20H22N4O5/c1-29-18-4-2-3-15(13-18)20(26)21-14-19(25)23-11-9-22(10-12-23)16-5-7-17(8-6-16)24(27)28/h2-8,13H,9-12,14H2,1H3,(H,21,26). The minimum Gasteiger partial charge on any atom is -0.497 e. The molecule has 9 heteroatoms. The van der Waals surface area contributed by atoms with Gasteiger partial charge in [-0.2, -0.15) is 0 Å². The quantitative estimate of drug-likeness (QED) is 0.586. The number of piperazine rings is 1. The van der Waals surface area contributed by atoms with Gasteiger partial charge in [-0.15, -0.1) is 0 Å². The highest BCUT2D eigenvalue weighted by atomic mass is 16.6. The lowest BCUT2D eigenvalue weighted by molar-refractivity contribution is -0.384. The van der Waals surface area contributed by atoms with Crippen molar-refractivity contribution in [1.82, 2.24) is 10.2 Å². The molecule has 2 aromatic carbocycles. The second-order valence-corrected chi connectivity index (χ2v) is 6.56. The summed E-state index contributed by atoms with van der Waals surface area (Å²) in [6, 6.07) is 13.1. The molecule has 0 aromatic heterocycles. The van der Waals surface area contributed by atoms with Crippen LogP contribution in [0.15, 0.2) is 48.5 Å². The van der Waals surface area contributed by atoms with Crippen molar-refractivity contribution in [2.24, 2.45) is 0 Å². The lowest BCUT2D eigenvalue weighted by atomic mass is 10.2. The molecule has 152 valence electrons. The number of non-ortho nitro benzene ring substituents is 1. The number of nitrogens with one attached hydrogen (secondary N) is 1. The number of rotatable bonds is 6. The Balaban J connectivity index is 1.48. The first-order valence-corrected chi connectivity index (χ1v) is 9.17. The zero-order valence-corrected chi connectivity index (χ0v) is 16.0. The molecule has 1 aliphatic rings. The molecule has 0 saturated carbocycles. The highest BCUT2D eigenvalue weighted by Gasteiger charge is 2.22. The van der Waals surface area contributed by atoms with E-state index in [0.29, 0.717) is 37.5 Å². The number of hydrogen-bond acceptors (Lipinski definition) is 6. The SMILES string of the molecule is COc1cccc(C(=O)NCC(=O)N2CCN(c3ccc([N+](=O)[O-])cc3)CC2)c1. The number of hydrogen-bond donors (Lipinski definition) is 1. The van der Waals surface area contributed by atoms with Gasteiger partial charge in [0.2, 0.25) is 5.91 Å². The number of amides is 2. The van der Waals surface area contributed by atoms with Crippen LogP contribution in [0.1, 0.15) is 10.4 Å². The summed E-state index contributed by atoms with van der Waals surface area (Å²) in [7, 11) is 1.52. The highest BCUT2D eigenvalue weighted by Crippen LogP contribution is 2.20. The number of benzene rings is 2. The maximum atomic E-state index is 12.4. The summed E-state index contributed by atoms with van der Waals surface area (Å²) in [5, 5.41) is 13.4. The molecule has 0 atom stereocenters. The average molecular weight is 398 g/mol. The van der Waals surface area contributed by atoms with Crippen molar-refractivity contribution < 1.29 is 19.2 Å². The minimum absolute atomic E-state index is 0.0503. The number of ether oxygens (including phenoxy) is 1. The first-order chi connectivity index (χ1) is 14.0. The summed E-state index contributed by atoms with van der Waals surface area (Å²) in [5.41, 5.74) is 1.36. The van der Waals surface area contributed by atoms with Gasteiger partial charge in [0.15, 0.2) is 0 Å². The molecular weight excluding hydrogens is 376 g/mol. The van der Waals surface area contributed by atoms with Crippen LogP contribution in [0, 0.1) is 10.1 Å². The molecule has 3 rings (SSSR count). The van der Waals surface area contributed by atoms with Crippen molar-refractivity contribution in [1.29, 1.82) is 0 Å². The molecule has 9 nitrogen and oxygen atoms in total. The molecule has 29 heavy (non-hydrogen) atoms. The van der Waals surface area contributed by atoms with E-state index in [1.807, 2.05) is 0 Å². The Bertz CT molecular complexity index is 892. The van der Waals surface area contributed by atoms with Crippen LogP contribution in [-0.4, -0.2) is 61.5 Å². The maximum Gasteiger partial charge on any atom is 0.269 e. The second-order valence-electron chi connectivity index (χ2n) is 6.56. The van der Waals surface area contributed by atoms with Gasteiger partial charge in [-0.3, -0.25) is 19.7 Å². The van der Waals surface area contributed by atoms with Crippen LogP contribution in [0.25, 0.3) is 0 Å². The summed E-state index contributed by atoms with van der Waals surface area (Å²) in [5.74, 6) is 0.0951. The van der Waals surface area contributed by atoms with Crippen LogP contribution in [0.4, 0.5) is 11.4 Å². The number of nitro benzene ring substituents is 1. The summed E-state index contributed by atoms with van der Waals surface area (Å²) in [6.45, 7) is 2.20. The highest BCUT2D eigenvalue weighted by molar-refractivity contribution is 5.96. The predicted molar refractivity (Wildman–Crippen MR) is 107 cm³/mol. The third-order valence-corrected chi connectivity index (χ3v) is 4.79. The summed E-state index contributed by atoms with van der Waals surface area (Å²) >= 11 is 0. The van der Waals surface area contributed by atoms with Gasteiger partial charge in [-0.25, -0.2) is 0 Å². The van der Waals surface area contributed by atoms with Crippen LogP contribution >= 0.6 is 0 Å². The fourth-order valence-corrected chi connectivity index (χ4v) is 3.13. The van der Waals surface area contributed by atoms with Gasteiger partial charge in [-0.1, -0.05) is 6.07 Å². The van der Waals surface area contributed by atoms with E-state index in [1.165, 1.54) is 19.2 Å². The molecule has 1 saturated heterocycles. The Morgan fingerprint density at radius 2 is 1.79 bits per heavy atom. The molecule has 0 aliphatic carbocycles. The topological polar surface area (TPSA) is 105 Å². The Hall–Kier alpha value is -3.62. The first-order valence-electron chi connectivity index (χ1n) is 9.17. The minimum atomic E-state index is -0.430. The van der Waals surface area contributed by atoms with E-state index in [-0.39, 0.29) is 24.0 Å². The van der Waals surface area contributed by atoms with Gasteiger partial charge in [0, 0.05) is 49.6 Å². The van der Waals surface area contributed by atoms with E-state index in [1.54, 1.807) is 41.3 Å². The maximum absolute atomic E-state index is 12.4. The summed E-state index contributed by atoms with van der Waals surface area (Å²) < 4.78 is 5.10. The summed E-state index contributed by atoms with van der Waals surface area (Å²) in [4.78, 5) is 38.7.